The molecule has 0 bridgehead atoms. The molecule has 1 amide bonds. The zero-order valence-corrected chi connectivity index (χ0v) is 14.6. The lowest BCUT2D eigenvalue weighted by atomic mass is 10.1. The average Bonchev–Trinajstić information content (AvgIpc) is 3.17. The van der Waals surface area contributed by atoms with Gasteiger partial charge in [-0.2, -0.15) is 0 Å². The summed E-state index contributed by atoms with van der Waals surface area (Å²) >= 11 is 0. The zero-order valence-electron chi connectivity index (χ0n) is 14.6. The van der Waals surface area contributed by atoms with Crippen molar-refractivity contribution in [3.8, 4) is 5.75 Å². The summed E-state index contributed by atoms with van der Waals surface area (Å²) in [5, 5.41) is 3.97. The van der Waals surface area contributed by atoms with Crippen molar-refractivity contribution >= 4 is 28.3 Å². The molecule has 6 heteroatoms. The number of carbonyl (C=O) groups is 1. The molecule has 0 radical (unpaired) electrons. The van der Waals surface area contributed by atoms with Crippen LogP contribution in [0.4, 0.5) is 11.5 Å². The minimum atomic E-state index is -0.266. The number of rotatable bonds is 4. The number of nitrogens with one attached hydrogen (secondary N) is 1. The number of para-hydroxylation sites is 3. The number of nitrogens with zero attached hydrogens (tertiary/aromatic N) is 3. The van der Waals surface area contributed by atoms with E-state index in [1.807, 2.05) is 48.5 Å². The third kappa shape index (κ3) is 2.94. The number of benzene rings is 2. The molecule has 132 valence electrons. The van der Waals surface area contributed by atoms with E-state index in [9.17, 15) is 4.79 Å². The van der Waals surface area contributed by atoms with Crippen LogP contribution in [0.1, 0.15) is 12.8 Å². The van der Waals surface area contributed by atoms with E-state index < -0.39 is 0 Å². The first-order valence-corrected chi connectivity index (χ1v) is 8.68. The third-order valence-corrected chi connectivity index (χ3v) is 4.71. The topological polar surface area (TPSA) is 67.3 Å². The number of amides is 1. The van der Waals surface area contributed by atoms with E-state index in [0.717, 1.165) is 36.1 Å². The Bertz CT molecular complexity index is 939. The molecule has 1 atom stereocenters. The van der Waals surface area contributed by atoms with Crippen LogP contribution in [0.2, 0.25) is 0 Å². The van der Waals surface area contributed by atoms with Gasteiger partial charge in [0.05, 0.1) is 18.3 Å². The lowest BCUT2D eigenvalue weighted by Gasteiger charge is -2.26. The Morgan fingerprint density at radius 1 is 1.15 bits per heavy atom. The molecular formula is C20H20N4O2. The molecule has 2 aromatic carbocycles. The van der Waals surface area contributed by atoms with E-state index >= 15 is 0 Å². The summed E-state index contributed by atoms with van der Waals surface area (Å²) in [5.74, 6) is 1.42. The number of fused-ring (bicyclic) bond motifs is 1. The number of hydrogen-bond donors (Lipinski definition) is 1. The van der Waals surface area contributed by atoms with E-state index in [2.05, 4.69) is 20.2 Å². The molecule has 0 spiro atoms. The fourth-order valence-corrected chi connectivity index (χ4v) is 3.48. The molecule has 1 fully saturated rings. The largest absolute Gasteiger partial charge is 0.495 e. The first-order valence-electron chi connectivity index (χ1n) is 8.68. The van der Waals surface area contributed by atoms with E-state index in [0.29, 0.717) is 11.4 Å². The zero-order chi connectivity index (χ0) is 17.9. The lowest BCUT2D eigenvalue weighted by Crippen LogP contribution is -2.40. The Kier molecular flexibility index (Phi) is 4.39. The molecule has 1 N–H and O–H groups in total. The van der Waals surface area contributed by atoms with Crippen molar-refractivity contribution in [1.29, 1.82) is 0 Å². The van der Waals surface area contributed by atoms with Crippen molar-refractivity contribution in [1.82, 2.24) is 9.97 Å². The van der Waals surface area contributed by atoms with E-state index in [1.165, 1.54) is 0 Å². The number of methoxy groups -OCH3 is 1. The minimum Gasteiger partial charge on any atom is -0.495 e. The number of anilines is 2. The maximum Gasteiger partial charge on any atom is 0.247 e. The van der Waals surface area contributed by atoms with Gasteiger partial charge in [-0.05, 0) is 37.1 Å². The highest BCUT2D eigenvalue weighted by atomic mass is 16.5. The van der Waals surface area contributed by atoms with Crippen molar-refractivity contribution in [3.05, 3.63) is 54.9 Å². The van der Waals surface area contributed by atoms with Crippen molar-refractivity contribution in [2.75, 3.05) is 23.9 Å². The van der Waals surface area contributed by atoms with Gasteiger partial charge < -0.3 is 15.0 Å². The van der Waals surface area contributed by atoms with Gasteiger partial charge in [0, 0.05) is 11.9 Å². The molecule has 0 saturated carbocycles. The normalized spacial score (nSPS) is 16.7. The predicted octanol–water partition coefficient (Wildman–Crippen LogP) is 3.25. The molecule has 1 saturated heterocycles. The molecule has 2 heterocycles. The summed E-state index contributed by atoms with van der Waals surface area (Å²) in [5.41, 5.74) is 1.56. The Morgan fingerprint density at radius 2 is 1.96 bits per heavy atom. The predicted molar refractivity (Wildman–Crippen MR) is 102 cm³/mol. The molecule has 1 unspecified atom stereocenters. The van der Waals surface area contributed by atoms with Gasteiger partial charge in [0.2, 0.25) is 5.91 Å². The van der Waals surface area contributed by atoms with Crippen LogP contribution in [0.5, 0.6) is 5.75 Å². The second-order valence-electron chi connectivity index (χ2n) is 6.26. The van der Waals surface area contributed by atoms with Gasteiger partial charge in [0.1, 0.15) is 23.9 Å². The molecule has 6 nitrogen and oxygen atoms in total. The maximum atomic E-state index is 13.0. The molecule has 26 heavy (non-hydrogen) atoms. The molecule has 4 rings (SSSR count). The van der Waals surface area contributed by atoms with Gasteiger partial charge in [-0.3, -0.25) is 4.79 Å². The van der Waals surface area contributed by atoms with Crippen molar-refractivity contribution in [3.63, 3.8) is 0 Å². The monoisotopic (exact) mass is 348 g/mol. The van der Waals surface area contributed by atoms with Crippen molar-refractivity contribution < 1.29 is 9.53 Å². The van der Waals surface area contributed by atoms with Gasteiger partial charge in [-0.25, -0.2) is 9.97 Å². The summed E-state index contributed by atoms with van der Waals surface area (Å²) in [6.07, 6.45) is 3.30. The molecule has 1 aliphatic heterocycles. The molecule has 1 aliphatic rings. The maximum absolute atomic E-state index is 13.0. The van der Waals surface area contributed by atoms with Crippen LogP contribution in [0, 0.1) is 0 Å². The quantitative estimate of drug-likeness (QED) is 0.784. The van der Waals surface area contributed by atoms with E-state index in [-0.39, 0.29) is 11.9 Å². The van der Waals surface area contributed by atoms with Crippen LogP contribution in [-0.4, -0.2) is 35.6 Å². The summed E-state index contributed by atoms with van der Waals surface area (Å²) in [7, 11) is 1.60. The number of carbonyl (C=O) groups excluding carboxylic acids is 1. The number of hydrogen-bond acceptors (Lipinski definition) is 5. The van der Waals surface area contributed by atoms with Crippen LogP contribution in [0.25, 0.3) is 10.9 Å². The first-order chi connectivity index (χ1) is 12.8. The van der Waals surface area contributed by atoms with Gasteiger partial charge >= 0.3 is 0 Å². The smallest absolute Gasteiger partial charge is 0.247 e. The fourth-order valence-electron chi connectivity index (χ4n) is 3.48. The van der Waals surface area contributed by atoms with Crippen molar-refractivity contribution in [2.24, 2.45) is 0 Å². The Morgan fingerprint density at radius 3 is 2.85 bits per heavy atom. The van der Waals surface area contributed by atoms with Crippen LogP contribution < -0.4 is 15.0 Å². The minimum absolute atomic E-state index is 0.0466. The summed E-state index contributed by atoms with van der Waals surface area (Å²) in [6, 6.07) is 15.0. The standard InChI is InChI=1S/C20H20N4O2/c1-26-18-11-5-4-9-16(18)23-20(25)17-10-6-12-24(17)19-14-7-2-3-8-15(14)21-13-22-19/h2-5,7-9,11,13,17H,6,10,12H2,1H3,(H,23,25). The van der Waals surface area contributed by atoms with Crippen molar-refractivity contribution in [2.45, 2.75) is 18.9 Å². The van der Waals surface area contributed by atoms with Gasteiger partial charge in [0.15, 0.2) is 0 Å². The van der Waals surface area contributed by atoms with Crippen LogP contribution in [0.15, 0.2) is 54.9 Å². The second-order valence-corrected chi connectivity index (χ2v) is 6.26. The van der Waals surface area contributed by atoms with Crippen LogP contribution >= 0.6 is 0 Å². The molecule has 3 aromatic rings. The Hall–Kier alpha value is -3.15. The third-order valence-electron chi connectivity index (χ3n) is 4.71. The lowest BCUT2D eigenvalue weighted by molar-refractivity contribution is -0.117. The summed E-state index contributed by atoms with van der Waals surface area (Å²) in [4.78, 5) is 23.8. The second kappa shape index (κ2) is 7.00. The Balaban J connectivity index is 1.63. The van der Waals surface area contributed by atoms with Crippen LogP contribution in [-0.2, 0) is 4.79 Å². The number of ether oxygens (including phenoxy) is 1. The molecule has 1 aromatic heterocycles. The average molecular weight is 348 g/mol. The first kappa shape index (κ1) is 16.3. The summed E-state index contributed by atoms with van der Waals surface area (Å²) < 4.78 is 5.33. The fraction of sp³-hybridized carbons (Fsp3) is 0.250. The highest BCUT2D eigenvalue weighted by Crippen LogP contribution is 2.31. The van der Waals surface area contributed by atoms with Gasteiger partial charge in [-0.1, -0.05) is 24.3 Å². The SMILES string of the molecule is COc1ccccc1NC(=O)C1CCCN1c1ncnc2ccccc12. The van der Waals surface area contributed by atoms with E-state index in [1.54, 1.807) is 13.4 Å². The van der Waals surface area contributed by atoms with Gasteiger partial charge in [0.25, 0.3) is 0 Å². The highest BCUT2D eigenvalue weighted by molar-refractivity contribution is 6.00. The van der Waals surface area contributed by atoms with Gasteiger partial charge in [-0.15, -0.1) is 0 Å². The number of aromatic nitrogens is 2. The van der Waals surface area contributed by atoms with E-state index in [4.69, 9.17) is 4.74 Å². The Labute approximate surface area is 151 Å². The van der Waals surface area contributed by atoms with Crippen LogP contribution in [0.3, 0.4) is 0 Å². The summed E-state index contributed by atoms with van der Waals surface area (Å²) in [6.45, 7) is 0.797. The highest BCUT2D eigenvalue weighted by Gasteiger charge is 2.33. The molecule has 0 aliphatic carbocycles. The molecular weight excluding hydrogens is 328 g/mol.